The van der Waals surface area contributed by atoms with Gasteiger partial charge in [0.05, 0.1) is 24.8 Å². The van der Waals surface area contributed by atoms with Crippen LogP contribution in [0.1, 0.15) is 19.4 Å². The van der Waals surface area contributed by atoms with Crippen LogP contribution in [0.15, 0.2) is 42.5 Å². The van der Waals surface area contributed by atoms with E-state index in [1.54, 1.807) is 7.05 Å². The second-order valence-electron chi connectivity index (χ2n) is 6.30. The molecule has 0 saturated carbocycles. The molecule has 5 nitrogen and oxygen atoms in total. The van der Waals surface area contributed by atoms with E-state index in [1.165, 1.54) is 4.90 Å². The molecule has 2 amide bonds. The van der Waals surface area contributed by atoms with Gasteiger partial charge in [-0.25, -0.2) is 4.79 Å². The summed E-state index contributed by atoms with van der Waals surface area (Å²) in [5.74, 6) is 0. The van der Waals surface area contributed by atoms with Crippen molar-refractivity contribution in [2.24, 2.45) is 0 Å². The highest BCUT2D eigenvalue weighted by molar-refractivity contribution is 5.87. The lowest BCUT2D eigenvalue weighted by Gasteiger charge is -2.31. The fraction of sp³-hybridized carbons (Fsp3) is 0.389. The van der Waals surface area contributed by atoms with Crippen LogP contribution in [0.4, 0.5) is 4.79 Å². The van der Waals surface area contributed by atoms with Crippen LogP contribution in [-0.2, 0) is 5.54 Å². The van der Waals surface area contributed by atoms with Crippen LogP contribution in [0.5, 0.6) is 0 Å². The molecule has 124 valence electrons. The number of urea groups is 1. The van der Waals surface area contributed by atoms with Gasteiger partial charge in [-0.1, -0.05) is 42.5 Å². The van der Waals surface area contributed by atoms with Crippen LogP contribution in [-0.4, -0.2) is 47.4 Å². The van der Waals surface area contributed by atoms with Crippen molar-refractivity contribution < 1.29 is 15.0 Å². The van der Waals surface area contributed by atoms with Gasteiger partial charge in [0.15, 0.2) is 0 Å². The maximum atomic E-state index is 12.3. The number of nitrogens with zero attached hydrogens (tertiary/aromatic N) is 1. The largest absolute Gasteiger partial charge is 0.394 e. The van der Waals surface area contributed by atoms with Crippen molar-refractivity contribution in [3.05, 3.63) is 48.0 Å². The van der Waals surface area contributed by atoms with E-state index in [9.17, 15) is 9.90 Å². The van der Waals surface area contributed by atoms with E-state index in [2.05, 4.69) is 5.32 Å². The Morgan fingerprint density at radius 2 is 1.87 bits per heavy atom. The molecule has 0 aliphatic carbocycles. The SMILES string of the molecule is CN(C[C@@H](O)CO)C(=O)NC(C)(C)c1cccc2ccccc12. The molecule has 5 heteroatoms. The molecule has 1 atom stereocenters. The van der Waals surface area contributed by atoms with Gasteiger partial charge < -0.3 is 20.4 Å². The van der Waals surface area contributed by atoms with E-state index in [1.807, 2.05) is 56.3 Å². The van der Waals surface area contributed by atoms with Gasteiger partial charge in [-0.2, -0.15) is 0 Å². The molecule has 2 aromatic carbocycles. The summed E-state index contributed by atoms with van der Waals surface area (Å²) in [6.45, 7) is 3.60. The highest BCUT2D eigenvalue weighted by Crippen LogP contribution is 2.28. The van der Waals surface area contributed by atoms with E-state index in [4.69, 9.17) is 5.11 Å². The van der Waals surface area contributed by atoms with Gasteiger partial charge in [-0.3, -0.25) is 0 Å². The summed E-state index contributed by atoms with van der Waals surface area (Å²) in [4.78, 5) is 13.7. The first kappa shape index (κ1) is 17.2. The average Bonchev–Trinajstić information content (AvgIpc) is 2.53. The van der Waals surface area contributed by atoms with E-state index in [0.717, 1.165) is 16.3 Å². The van der Waals surface area contributed by atoms with Gasteiger partial charge in [0.1, 0.15) is 0 Å². The number of rotatable bonds is 5. The Kier molecular flexibility index (Phi) is 5.23. The zero-order chi connectivity index (χ0) is 17.0. The minimum atomic E-state index is -0.939. The number of fused-ring (bicyclic) bond motifs is 1. The quantitative estimate of drug-likeness (QED) is 0.790. The summed E-state index contributed by atoms with van der Waals surface area (Å²) in [7, 11) is 1.59. The zero-order valence-corrected chi connectivity index (χ0v) is 13.8. The number of carbonyl (C=O) groups excluding carboxylic acids is 1. The number of aliphatic hydroxyl groups excluding tert-OH is 2. The van der Waals surface area contributed by atoms with Crippen molar-refractivity contribution in [1.82, 2.24) is 10.2 Å². The maximum absolute atomic E-state index is 12.3. The van der Waals surface area contributed by atoms with Crippen LogP contribution in [0, 0.1) is 0 Å². The fourth-order valence-corrected chi connectivity index (χ4v) is 2.66. The predicted octanol–water partition coefficient (Wildman–Crippen LogP) is 2.07. The number of nitrogens with one attached hydrogen (secondary N) is 1. The fourth-order valence-electron chi connectivity index (χ4n) is 2.66. The molecule has 0 fully saturated rings. The summed E-state index contributed by atoms with van der Waals surface area (Å²) in [6.07, 6.45) is -0.939. The summed E-state index contributed by atoms with van der Waals surface area (Å²) < 4.78 is 0. The molecule has 3 N–H and O–H groups in total. The molecule has 0 unspecified atom stereocenters. The molecule has 0 aliphatic heterocycles. The van der Waals surface area contributed by atoms with Crippen LogP contribution < -0.4 is 5.32 Å². The van der Waals surface area contributed by atoms with Gasteiger partial charge in [-0.05, 0) is 30.2 Å². The van der Waals surface area contributed by atoms with Crippen LogP contribution in [0.3, 0.4) is 0 Å². The topological polar surface area (TPSA) is 72.8 Å². The number of aliphatic hydroxyl groups is 2. The monoisotopic (exact) mass is 316 g/mol. The molecular formula is C18H24N2O3. The number of likely N-dealkylation sites (N-methyl/N-ethyl adjacent to an activating group) is 1. The second kappa shape index (κ2) is 6.98. The smallest absolute Gasteiger partial charge is 0.317 e. The number of benzene rings is 2. The molecule has 23 heavy (non-hydrogen) atoms. The zero-order valence-electron chi connectivity index (χ0n) is 13.8. The number of hydrogen-bond acceptors (Lipinski definition) is 3. The molecule has 0 saturated heterocycles. The van der Waals surface area contributed by atoms with Crippen molar-refractivity contribution in [3.8, 4) is 0 Å². The standard InChI is InChI=1S/C18H24N2O3/c1-18(2,19-17(23)20(3)11-14(22)12-21)16-10-6-8-13-7-4-5-9-15(13)16/h4-10,14,21-22H,11-12H2,1-3H3,(H,19,23)/t14-/m1/s1. The summed E-state index contributed by atoms with van der Waals surface area (Å²) >= 11 is 0. The Morgan fingerprint density at radius 1 is 1.22 bits per heavy atom. The van der Waals surface area contributed by atoms with Crippen molar-refractivity contribution >= 4 is 16.8 Å². The van der Waals surface area contributed by atoms with Crippen LogP contribution in [0.25, 0.3) is 10.8 Å². The Balaban J connectivity index is 2.22. The van der Waals surface area contributed by atoms with Gasteiger partial charge in [0.2, 0.25) is 0 Å². The lowest BCUT2D eigenvalue weighted by Crippen LogP contribution is -2.49. The van der Waals surface area contributed by atoms with Crippen molar-refractivity contribution in [2.75, 3.05) is 20.2 Å². The third-order valence-corrected chi connectivity index (χ3v) is 3.92. The molecule has 2 rings (SSSR count). The molecule has 0 bridgehead atoms. The van der Waals surface area contributed by atoms with Crippen molar-refractivity contribution in [3.63, 3.8) is 0 Å². The first-order valence-electron chi connectivity index (χ1n) is 7.65. The Morgan fingerprint density at radius 3 is 2.57 bits per heavy atom. The van der Waals surface area contributed by atoms with Crippen molar-refractivity contribution in [1.29, 1.82) is 0 Å². The first-order valence-corrected chi connectivity index (χ1v) is 7.65. The molecule has 2 aromatic rings. The molecule has 0 aliphatic rings. The Hall–Kier alpha value is -2.11. The van der Waals surface area contributed by atoms with E-state index < -0.39 is 11.6 Å². The molecule has 0 aromatic heterocycles. The molecular weight excluding hydrogens is 292 g/mol. The minimum Gasteiger partial charge on any atom is -0.394 e. The summed E-state index contributed by atoms with van der Waals surface area (Å²) in [5, 5.41) is 23.6. The maximum Gasteiger partial charge on any atom is 0.317 e. The second-order valence-corrected chi connectivity index (χ2v) is 6.30. The molecule has 0 heterocycles. The van der Waals surface area contributed by atoms with Crippen LogP contribution in [0.2, 0.25) is 0 Å². The Labute approximate surface area is 136 Å². The van der Waals surface area contributed by atoms with Gasteiger partial charge in [0.25, 0.3) is 0 Å². The minimum absolute atomic E-state index is 0.0773. The first-order chi connectivity index (χ1) is 10.8. The number of amides is 2. The lowest BCUT2D eigenvalue weighted by molar-refractivity contribution is 0.0722. The predicted molar refractivity (Wildman–Crippen MR) is 91.2 cm³/mol. The molecule has 0 radical (unpaired) electrons. The number of hydrogen-bond donors (Lipinski definition) is 3. The Bertz CT molecular complexity index is 680. The summed E-state index contributed by atoms with van der Waals surface area (Å²) in [5.41, 5.74) is 0.455. The normalized spacial score (nSPS) is 12.9. The van der Waals surface area contributed by atoms with Crippen LogP contribution >= 0.6 is 0 Å². The highest BCUT2D eigenvalue weighted by atomic mass is 16.3. The van der Waals surface area contributed by atoms with E-state index in [0.29, 0.717) is 0 Å². The lowest BCUT2D eigenvalue weighted by atomic mass is 9.89. The van der Waals surface area contributed by atoms with Crippen molar-refractivity contribution in [2.45, 2.75) is 25.5 Å². The molecule has 0 spiro atoms. The number of carbonyl (C=O) groups is 1. The average molecular weight is 316 g/mol. The van der Waals surface area contributed by atoms with Gasteiger partial charge >= 0.3 is 6.03 Å². The summed E-state index contributed by atoms with van der Waals surface area (Å²) in [6, 6.07) is 13.8. The van der Waals surface area contributed by atoms with E-state index in [-0.39, 0.29) is 19.2 Å². The highest BCUT2D eigenvalue weighted by Gasteiger charge is 2.26. The van der Waals surface area contributed by atoms with Gasteiger partial charge in [-0.15, -0.1) is 0 Å². The van der Waals surface area contributed by atoms with Gasteiger partial charge in [0, 0.05) is 7.05 Å². The third-order valence-electron chi connectivity index (χ3n) is 3.92. The third kappa shape index (κ3) is 4.00. The van der Waals surface area contributed by atoms with E-state index >= 15 is 0 Å².